The number of piperazine rings is 1. The van der Waals surface area contributed by atoms with Crippen molar-refractivity contribution in [2.75, 3.05) is 53.2 Å². The molecule has 150 valence electrons. The zero-order valence-corrected chi connectivity index (χ0v) is 16.4. The maximum Gasteiger partial charge on any atom is 0.231 e. The molecule has 0 bridgehead atoms. The summed E-state index contributed by atoms with van der Waals surface area (Å²) < 4.78 is 21.8. The fourth-order valence-electron chi connectivity index (χ4n) is 3.60. The van der Waals surface area contributed by atoms with Gasteiger partial charge in [0.1, 0.15) is 11.5 Å². The van der Waals surface area contributed by atoms with Gasteiger partial charge in [-0.25, -0.2) is 0 Å². The molecule has 28 heavy (non-hydrogen) atoms. The highest BCUT2D eigenvalue weighted by atomic mass is 16.7. The van der Waals surface area contributed by atoms with E-state index in [0.29, 0.717) is 13.4 Å². The molecule has 0 aromatic heterocycles. The van der Waals surface area contributed by atoms with E-state index < -0.39 is 0 Å². The van der Waals surface area contributed by atoms with Crippen molar-refractivity contribution in [1.82, 2.24) is 9.80 Å². The van der Waals surface area contributed by atoms with E-state index >= 15 is 0 Å². The number of hydrogen-bond donors (Lipinski definition) is 0. The molecule has 1 fully saturated rings. The lowest BCUT2D eigenvalue weighted by atomic mass is 10.2. The van der Waals surface area contributed by atoms with Gasteiger partial charge in [0.15, 0.2) is 11.5 Å². The monoisotopic (exact) mass is 384 g/mol. The molecule has 2 aromatic rings. The highest BCUT2D eigenvalue weighted by Gasteiger charge is 2.17. The fourth-order valence-corrected chi connectivity index (χ4v) is 3.60. The molecule has 0 radical (unpaired) electrons. The molecule has 6 nitrogen and oxygen atoms in total. The summed E-state index contributed by atoms with van der Waals surface area (Å²) in [5, 5.41) is 0. The predicted molar refractivity (Wildman–Crippen MR) is 107 cm³/mol. The van der Waals surface area contributed by atoms with E-state index in [4.69, 9.17) is 18.9 Å². The van der Waals surface area contributed by atoms with Gasteiger partial charge in [0.05, 0.1) is 13.7 Å². The van der Waals surface area contributed by atoms with Crippen LogP contribution in [0.3, 0.4) is 0 Å². The van der Waals surface area contributed by atoms with Gasteiger partial charge in [-0.15, -0.1) is 0 Å². The fraction of sp³-hybridized carbons (Fsp3) is 0.455. The van der Waals surface area contributed by atoms with Crippen LogP contribution >= 0.6 is 0 Å². The van der Waals surface area contributed by atoms with Gasteiger partial charge >= 0.3 is 0 Å². The van der Waals surface area contributed by atoms with Gasteiger partial charge in [-0.2, -0.15) is 0 Å². The summed E-state index contributed by atoms with van der Waals surface area (Å²) in [5.41, 5.74) is 1.34. The number of fused-ring (bicyclic) bond motifs is 1. The predicted octanol–water partition coefficient (Wildman–Crippen LogP) is 3.01. The number of benzene rings is 2. The van der Waals surface area contributed by atoms with Crippen molar-refractivity contribution >= 4 is 0 Å². The third kappa shape index (κ3) is 4.88. The van der Waals surface area contributed by atoms with Crippen LogP contribution in [0, 0.1) is 0 Å². The molecule has 2 aliphatic rings. The highest BCUT2D eigenvalue weighted by Crippen LogP contribution is 2.35. The smallest absolute Gasteiger partial charge is 0.231 e. The van der Waals surface area contributed by atoms with Crippen LogP contribution in [0.25, 0.3) is 0 Å². The lowest BCUT2D eigenvalue weighted by Gasteiger charge is -2.34. The summed E-state index contributed by atoms with van der Waals surface area (Å²) in [6.07, 6.45) is 1.02. The van der Waals surface area contributed by atoms with E-state index in [1.54, 1.807) is 7.11 Å². The largest absolute Gasteiger partial charge is 0.497 e. The maximum atomic E-state index is 5.86. The number of nitrogens with zero attached hydrogens (tertiary/aromatic N) is 2. The van der Waals surface area contributed by atoms with Crippen molar-refractivity contribution in [2.45, 2.75) is 13.0 Å². The zero-order valence-electron chi connectivity index (χ0n) is 16.4. The minimum atomic E-state index is 0.295. The molecule has 0 spiro atoms. The van der Waals surface area contributed by atoms with Crippen molar-refractivity contribution < 1.29 is 18.9 Å². The van der Waals surface area contributed by atoms with Crippen LogP contribution < -0.4 is 18.9 Å². The van der Waals surface area contributed by atoms with Crippen molar-refractivity contribution in [1.29, 1.82) is 0 Å². The second kappa shape index (κ2) is 9.17. The first-order valence-electron chi connectivity index (χ1n) is 9.90. The molecular formula is C22H28N2O4. The Bertz CT molecular complexity index is 758. The van der Waals surface area contributed by atoms with Gasteiger partial charge in [-0.3, -0.25) is 4.90 Å². The van der Waals surface area contributed by atoms with Crippen LogP contribution in [0.15, 0.2) is 42.5 Å². The first-order chi connectivity index (χ1) is 13.8. The third-order valence-electron chi connectivity index (χ3n) is 5.26. The standard InChI is InChI=1S/C22H28N2O4/c1-25-19-5-3-18(4-6-19)16-24-12-10-23(11-13-24)9-2-14-26-20-7-8-21-22(15-20)28-17-27-21/h3-8,15H,2,9-14,16-17H2,1H3. The molecule has 2 aliphatic heterocycles. The van der Waals surface area contributed by atoms with Gasteiger partial charge < -0.3 is 23.8 Å². The van der Waals surface area contributed by atoms with E-state index in [2.05, 4.69) is 21.9 Å². The van der Waals surface area contributed by atoms with Crippen LogP contribution in [0.2, 0.25) is 0 Å². The minimum absolute atomic E-state index is 0.295. The van der Waals surface area contributed by atoms with E-state index in [9.17, 15) is 0 Å². The van der Waals surface area contributed by atoms with Crippen molar-refractivity contribution in [3.05, 3.63) is 48.0 Å². The Balaban J connectivity index is 1.13. The second-order valence-electron chi connectivity index (χ2n) is 7.18. The molecule has 2 heterocycles. The van der Waals surface area contributed by atoms with Gasteiger partial charge in [-0.1, -0.05) is 12.1 Å². The van der Waals surface area contributed by atoms with Crippen LogP contribution in [0.5, 0.6) is 23.0 Å². The van der Waals surface area contributed by atoms with Crippen LogP contribution in [0.4, 0.5) is 0 Å². The number of methoxy groups -OCH3 is 1. The Morgan fingerprint density at radius 3 is 2.36 bits per heavy atom. The quantitative estimate of drug-likeness (QED) is 0.652. The molecule has 4 rings (SSSR count). The summed E-state index contributed by atoms with van der Waals surface area (Å²) in [4.78, 5) is 5.04. The lowest BCUT2D eigenvalue weighted by Crippen LogP contribution is -2.46. The van der Waals surface area contributed by atoms with Crippen LogP contribution in [-0.2, 0) is 6.54 Å². The second-order valence-corrected chi connectivity index (χ2v) is 7.18. The topological polar surface area (TPSA) is 43.4 Å². The number of ether oxygens (including phenoxy) is 4. The normalized spacial score (nSPS) is 16.9. The third-order valence-corrected chi connectivity index (χ3v) is 5.26. The molecule has 0 unspecified atom stereocenters. The molecule has 0 N–H and O–H groups in total. The first kappa shape index (κ1) is 18.9. The number of rotatable bonds is 8. The summed E-state index contributed by atoms with van der Waals surface area (Å²) in [5.74, 6) is 3.32. The Hall–Kier alpha value is -2.44. The molecule has 0 saturated carbocycles. The molecule has 1 saturated heterocycles. The summed E-state index contributed by atoms with van der Waals surface area (Å²) in [7, 11) is 1.70. The zero-order chi connectivity index (χ0) is 19.2. The van der Waals surface area contributed by atoms with Gasteiger partial charge in [0.25, 0.3) is 0 Å². The Morgan fingerprint density at radius 1 is 0.857 bits per heavy atom. The summed E-state index contributed by atoms with van der Waals surface area (Å²) >= 11 is 0. The van der Waals surface area contributed by atoms with Crippen LogP contribution in [0.1, 0.15) is 12.0 Å². The maximum absolute atomic E-state index is 5.86. The first-order valence-corrected chi connectivity index (χ1v) is 9.90. The summed E-state index contributed by atoms with van der Waals surface area (Å²) in [6.45, 7) is 7.52. The lowest BCUT2D eigenvalue weighted by molar-refractivity contribution is 0.121. The minimum Gasteiger partial charge on any atom is -0.497 e. The Morgan fingerprint density at radius 2 is 1.57 bits per heavy atom. The van der Waals surface area contributed by atoms with Gasteiger partial charge in [-0.05, 0) is 36.2 Å². The van der Waals surface area contributed by atoms with E-state index in [1.165, 1.54) is 5.56 Å². The Labute approximate surface area is 166 Å². The van der Waals surface area contributed by atoms with E-state index in [1.807, 2.05) is 30.3 Å². The summed E-state index contributed by atoms with van der Waals surface area (Å²) in [6, 6.07) is 14.1. The van der Waals surface area contributed by atoms with Crippen molar-refractivity contribution in [3.8, 4) is 23.0 Å². The van der Waals surface area contributed by atoms with Gasteiger partial charge in [0, 0.05) is 45.3 Å². The Kier molecular flexibility index (Phi) is 6.19. The van der Waals surface area contributed by atoms with Gasteiger partial charge in [0.2, 0.25) is 6.79 Å². The molecule has 6 heteroatoms. The van der Waals surface area contributed by atoms with Crippen molar-refractivity contribution in [2.24, 2.45) is 0 Å². The molecule has 0 amide bonds. The number of hydrogen-bond acceptors (Lipinski definition) is 6. The highest BCUT2D eigenvalue weighted by molar-refractivity contribution is 5.46. The van der Waals surface area contributed by atoms with E-state index in [0.717, 1.165) is 68.7 Å². The SMILES string of the molecule is COc1ccc(CN2CCN(CCCOc3ccc4c(c3)OCO4)CC2)cc1. The average Bonchev–Trinajstić information content (AvgIpc) is 3.21. The average molecular weight is 384 g/mol. The molecule has 0 aliphatic carbocycles. The molecule has 2 aromatic carbocycles. The molecular weight excluding hydrogens is 356 g/mol. The van der Waals surface area contributed by atoms with E-state index in [-0.39, 0.29) is 0 Å². The van der Waals surface area contributed by atoms with Crippen LogP contribution in [-0.4, -0.2) is 63.0 Å². The van der Waals surface area contributed by atoms with Crippen molar-refractivity contribution in [3.63, 3.8) is 0 Å². The molecule has 0 atom stereocenters.